The van der Waals surface area contributed by atoms with E-state index in [0.717, 1.165) is 32.8 Å². The zero-order valence-electron chi connectivity index (χ0n) is 19.0. The molecule has 0 aliphatic rings. The summed E-state index contributed by atoms with van der Waals surface area (Å²) < 4.78 is 26.3. The van der Waals surface area contributed by atoms with Crippen LogP contribution in [0, 0.1) is 20.8 Å². The Balaban J connectivity index is 2.45. The first-order valence-corrected chi connectivity index (χ1v) is 11.9. The fourth-order valence-corrected chi connectivity index (χ4v) is 4.26. The van der Waals surface area contributed by atoms with Gasteiger partial charge in [-0.25, -0.2) is 8.42 Å². The molecule has 0 heterocycles. The molecule has 7 nitrogen and oxygen atoms in total. The van der Waals surface area contributed by atoms with E-state index in [0.29, 0.717) is 5.69 Å². The minimum atomic E-state index is -3.73. The van der Waals surface area contributed by atoms with Crippen LogP contribution in [-0.4, -0.2) is 51.0 Å². The van der Waals surface area contributed by atoms with Gasteiger partial charge < -0.3 is 10.2 Å². The van der Waals surface area contributed by atoms with Crippen LogP contribution in [0.2, 0.25) is 0 Å². The molecule has 0 saturated carbocycles. The largest absolute Gasteiger partial charge is 0.357 e. The van der Waals surface area contributed by atoms with Crippen molar-refractivity contribution in [1.29, 1.82) is 0 Å². The maximum Gasteiger partial charge on any atom is 0.244 e. The number of hydrogen-bond donors (Lipinski definition) is 1. The lowest BCUT2D eigenvalue weighted by Crippen LogP contribution is -2.50. The normalized spacial score (nSPS) is 12.2. The van der Waals surface area contributed by atoms with Crippen LogP contribution in [0.15, 0.2) is 42.5 Å². The van der Waals surface area contributed by atoms with Crippen LogP contribution < -0.4 is 9.62 Å². The Morgan fingerprint density at radius 1 is 1.00 bits per heavy atom. The number of hydrogen-bond acceptors (Lipinski definition) is 4. The zero-order chi connectivity index (χ0) is 23.3. The number of benzene rings is 2. The number of aryl methyl sites for hydroxylation is 2. The van der Waals surface area contributed by atoms with Crippen molar-refractivity contribution in [2.24, 2.45) is 0 Å². The van der Waals surface area contributed by atoms with Gasteiger partial charge >= 0.3 is 0 Å². The lowest BCUT2D eigenvalue weighted by Gasteiger charge is -2.32. The van der Waals surface area contributed by atoms with Gasteiger partial charge in [0.15, 0.2) is 0 Å². The van der Waals surface area contributed by atoms with Crippen molar-refractivity contribution in [3.8, 4) is 0 Å². The van der Waals surface area contributed by atoms with E-state index in [1.54, 1.807) is 19.1 Å². The fraction of sp³-hybridized carbons (Fsp3) is 0.391. The van der Waals surface area contributed by atoms with Gasteiger partial charge in [0.2, 0.25) is 21.8 Å². The number of anilines is 1. The van der Waals surface area contributed by atoms with Crippen LogP contribution in [-0.2, 0) is 26.2 Å². The molecule has 0 aliphatic heterocycles. The van der Waals surface area contributed by atoms with Gasteiger partial charge in [-0.15, -0.1) is 0 Å². The molecule has 2 amide bonds. The third-order valence-electron chi connectivity index (χ3n) is 5.54. The summed E-state index contributed by atoms with van der Waals surface area (Å²) in [4.78, 5) is 27.2. The third kappa shape index (κ3) is 5.85. The first kappa shape index (κ1) is 24.4. The maximum absolute atomic E-state index is 13.4. The highest BCUT2D eigenvalue weighted by molar-refractivity contribution is 7.92. The van der Waals surface area contributed by atoms with Crippen LogP contribution in [0.25, 0.3) is 0 Å². The van der Waals surface area contributed by atoms with E-state index in [-0.39, 0.29) is 12.5 Å². The highest BCUT2D eigenvalue weighted by Gasteiger charge is 2.30. The van der Waals surface area contributed by atoms with Crippen molar-refractivity contribution in [3.63, 3.8) is 0 Å². The first-order chi connectivity index (χ1) is 14.5. The summed E-state index contributed by atoms with van der Waals surface area (Å²) in [7, 11) is -2.22. The van der Waals surface area contributed by atoms with Crippen LogP contribution in [0.3, 0.4) is 0 Å². The molecule has 0 fully saturated rings. The summed E-state index contributed by atoms with van der Waals surface area (Å²) >= 11 is 0. The molecule has 0 aromatic heterocycles. The number of amides is 2. The van der Waals surface area contributed by atoms with E-state index in [1.165, 1.54) is 11.9 Å². The molecule has 0 aliphatic carbocycles. The fourth-order valence-electron chi connectivity index (χ4n) is 3.36. The van der Waals surface area contributed by atoms with E-state index in [4.69, 9.17) is 0 Å². The second-order valence-corrected chi connectivity index (χ2v) is 9.63. The molecule has 0 spiro atoms. The minimum absolute atomic E-state index is 0.199. The molecule has 1 unspecified atom stereocenters. The maximum atomic E-state index is 13.4. The molecule has 2 rings (SSSR count). The van der Waals surface area contributed by atoms with Crippen molar-refractivity contribution in [3.05, 3.63) is 64.7 Å². The quantitative estimate of drug-likeness (QED) is 0.677. The Kier molecular flexibility index (Phi) is 7.84. The lowest BCUT2D eigenvalue weighted by atomic mass is 10.1. The number of likely N-dealkylation sites (N-methyl/N-ethyl adjacent to an activating group) is 1. The summed E-state index contributed by atoms with van der Waals surface area (Å²) in [6.07, 6.45) is 1.08. The van der Waals surface area contributed by atoms with Gasteiger partial charge in [0.25, 0.3) is 0 Å². The molecule has 2 aromatic rings. The molecule has 1 N–H and O–H groups in total. The van der Waals surface area contributed by atoms with Gasteiger partial charge in [0.1, 0.15) is 12.6 Å². The summed E-state index contributed by atoms with van der Waals surface area (Å²) in [6.45, 7) is 7.09. The minimum Gasteiger partial charge on any atom is -0.357 e. The van der Waals surface area contributed by atoms with Crippen molar-refractivity contribution < 1.29 is 18.0 Å². The number of nitrogens with one attached hydrogen (secondary N) is 1. The predicted octanol–water partition coefficient (Wildman–Crippen LogP) is 2.54. The topological polar surface area (TPSA) is 86.8 Å². The number of nitrogens with zero attached hydrogens (tertiary/aromatic N) is 2. The molecule has 0 bridgehead atoms. The van der Waals surface area contributed by atoms with Gasteiger partial charge in [-0.3, -0.25) is 13.9 Å². The molecular formula is C23H31N3O4S. The molecular weight excluding hydrogens is 414 g/mol. The van der Waals surface area contributed by atoms with E-state index in [9.17, 15) is 18.0 Å². The number of sulfonamides is 1. The van der Waals surface area contributed by atoms with Gasteiger partial charge in [0, 0.05) is 13.6 Å². The van der Waals surface area contributed by atoms with E-state index >= 15 is 0 Å². The average Bonchev–Trinajstić information content (AvgIpc) is 2.71. The molecule has 1 atom stereocenters. The second kappa shape index (κ2) is 9.96. The van der Waals surface area contributed by atoms with Crippen molar-refractivity contribution >= 4 is 27.5 Å². The molecule has 2 aromatic carbocycles. The summed E-state index contributed by atoms with van der Waals surface area (Å²) in [5.74, 6) is -0.773. The van der Waals surface area contributed by atoms with Crippen molar-refractivity contribution in [2.45, 2.75) is 40.3 Å². The van der Waals surface area contributed by atoms with Gasteiger partial charge in [-0.05, 0) is 56.0 Å². The predicted molar refractivity (Wildman–Crippen MR) is 123 cm³/mol. The monoisotopic (exact) mass is 445 g/mol. The van der Waals surface area contributed by atoms with Crippen LogP contribution in [0.1, 0.15) is 29.2 Å². The Hall–Kier alpha value is -2.87. The number of rotatable bonds is 8. The van der Waals surface area contributed by atoms with E-state index in [1.807, 2.05) is 51.1 Å². The lowest BCUT2D eigenvalue weighted by molar-refractivity contribution is -0.139. The average molecular weight is 446 g/mol. The standard InChI is InChI=1S/C23H31N3O4S/c1-16-11-9-13-21(18(16)3)26(31(6,29)30)15-22(27)25(19(4)23(28)24-5)14-20-12-8-7-10-17(20)2/h7-13,19H,14-15H2,1-6H3,(H,24,28). The number of carbonyl (C=O) groups excluding carboxylic acids is 2. The highest BCUT2D eigenvalue weighted by Crippen LogP contribution is 2.25. The first-order valence-electron chi connectivity index (χ1n) is 10.1. The molecule has 8 heteroatoms. The molecule has 168 valence electrons. The summed E-state index contributed by atoms with van der Waals surface area (Å²) in [6, 6.07) is 12.2. The summed E-state index contributed by atoms with van der Waals surface area (Å²) in [5, 5.41) is 2.57. The Bertz CT molecular complexity index is 1070. The molecule has 31 heavy (non-hydrogen) atoms. The van der Waals surface area contributed by atoms with Crippen LogP contribution >= 0.6 is 0 Å². The molecule has 0 radical (unpaired) electrons. The highest BCUT2D eigenvalue weighted by atomic mass is 32.2. The Morgan fingerprint density at radius 2 is 1.61 bits per heavy atom. The van der Waals surface area contributed by atoms with E-state index in [2.05, 4.69) is 5.32 Å². The van der Waals surface area contributed by atoms with Crippen molar-refractivity contribution in [2.75, 3.05) is 24.2 Å². The van der Waals surface area contributed by atoms with Gasteiger partial charge in [-0.2, -0.15) is 0 Å². The molecule has 0 saturated heterocycles. The third-order valence-corrected chi connectivity index (χ3v) is 6.67. The van der Waals surface area contributed by atoms with Gasteiger partial charge in [0.05, 0.1) is 11.9 Å². The van der Waals surface area contributed by atoms with E-state index < -0.39 is 28.5 Å². The second-order valence-electron chi connectivity index (χ2n) is 7.73. The van der Waals surface area contributed by atoms with Crippen molar-refractivity contribution in [1.82, 2.24) is 10.2 Å². The summed E-state index contributed by atoms with van der Waals surface area (Å²) in [5.41, 5.74) is 4.04. The SMILES string of the molecule is CNC(=O)C(C)N(Cc1ccccc1C)C(=O)CN(c1cccc(C)c1C)S(C)(=O)=O. The number of carbonyl (C=O) groups is 2. The van der Waals surface area contributed by atoms with Crippen LogP contribution in [0.4, 0.5) is 5.69 Å². The smallest absolute Gasteiger partial charge is 0.244 e. The Labute approximate surface area is 185 Å². The van der Waals surface area contributed by atoms with Gasteiger partial charge in [-0.1, -0.05) is 36.4 Å². The Morgan fingerprint density at radius 3 is 2.19 bits per heavy atom. The van der Waals surface area contributed by atoms with Crippen LogP contribution in [0.5, 0.6) is 0 Å². The zero-order valence-corrected chi connectivity index (χ0v) is 19.8.